The zero-order chi connectivity index (χ0) is 23.3. The summed E-state index contributed by atoms with van der Waals surface area (Å²) in [5, 5.41) is 9.78. The Kier molecular flexibility index (Phi) is 5.60. The highest BCUT2D eigenvalue weighted by molar-refractivity contribution is 7.90. The molecule has 32 heavy (non-hydrogen) atoms. The molecule has 3 aromatic rings. The minimum Gasteiger partial charge on any atom is -0.347 e. The van der Waals surface area contributed by atoms with Gasteiger partial charge in [-0.05, 0) is 48.9 Å². The molecule has 0 saturated heterocycles. The minimum absolute atomic E-state index is 0.0549. The Balaban J connectivity index is 1.87. The molecule has 0 unspecified atom stereocenters. The van der Waals surface area contributed by atoms with Crippen molar-refractivity contribution >= 4 is 20.9 Å². The summed E-state index contributed by atoms with van der Waals surface area (Å²) >= 11 is 0. The predicted molar refractivity (Wildman–Crippen MR) is 123 cm³/mol. The summed E-state index contributed by atoms with van der Waals surface area (Å²) in [6.07, 6.45) is 6.27. The van der Waals surface area contributed by atoms with Crippen molar-refractivity contribution in [2.24, 2.45) is 5.41 Å². The second kappa shape index (κ2) is 7.98. The van der Waals surface area contributed by atoms with Gasteiger partial charge in [-0.3, -0.25) is 4.98 Å². The van der Waals surface area contributed by atoms with Crippen molar-refractivity contribution in [2.75, 3.05) is 0 Å². The number of halogens is 1. The van der Waals surface area contributed by atoms with Gasteiger partial charge in [-0.2, -0.15) is 5.26 Å². The van der Waals surface area contributed by atoms with E-state index in [9.17, 15) is 13.7 Å². The molecule has 1 saturated carbocycles. The van der Waals surface area contributed by atoms with Gasteiger partial charge in [0.05, 0.1) is 16.9 Å². The SMILES string of the molecule is C[C@@H](NS(=O)(=O)C1CC1)c1cn(CC(C)(C)C)c2cc(-c3cnccc3C#N)c(F)cc12. The second-order valence-electron chi connectivity index (χ2n) is 9.74. The summed E-state index contributed by atoms with van der Waals surface area (Å²) in [5.41, 5.74) is 2.54. The Morgan fingerprint density at radius 1 is 1.31 bits per heavy atom. The molecule has 0 aliphatic heterocycles. The Morgan fingerprint density at radius 3 is 2.66 bits per heavy atom. The van der Waals surface area contributed by atoms with Crippen LogP contribution >= 0.6 is 0 Å². The Hall–Kier alpha value is -2.76. The molecule has 1 aliphatic rings. The van der Waals surface area contributed by atoms with Crippen LogP contribution in [0.5, 0.6) is 0 Å². The summed E-state index contributed by atoms with van der Waals surface area (Å²) in [7, 11) is -3.40. The molecule has 1 aliphatic carbocycles. The lowest BCUT2D eigenvalue weighted by molar-refractivity contribution is 0.349. The van der Waals surface area contributed by atoms with Crippen molar-refractivity contribution in [1.82, 2.24) is 14.3 Å². The van der Waals surface area contributed by atoms with Crippen molar-refractivity contribution < 1.29 is 12.8 Å². The lowest BCUT2D eigenvalue weighted by atomic mass is 9.96. The molecule has 1 fully saturated rings. The molecule has 0 spiro atoms. The predicted octanol–water partition coefficient (Wildman–Crippen LogP) is 4.90. The maximum absolute atomic E-state index is 15.3. The number of nitrogens with one attached hydrogen (secondary N) is 1. The Morgan fingerprint density at radius 2 is 2.03 bits per heavy atom. The van der Waals surface area contributed by atoms with Crippen LogP contribution in [0, 0.1) is 22.6 Å². The van der Waals surface area contributed by atoms with Gasteiger partial charge in [-0.25, -0.2) is 17.5 Å². The molecular formula is C24H27FN4O2S. The van der Waals surface area contributed by atoms with Crippen LogP contribution in [0.3, 0.4) is 0 Å². The highest BCUT2D eigenvalue weighted by Crippen LogP contribution is 2.36. The minimum atomic E-state index is -3.40. The molecule has 0 amide bonds. The van der Waals surface area contributed by atoms with Crippen molar-refractivity contribution in [3.8, 4) is 17.2 Å². The lowest BCUT2D eigenvalue weighted by Crippen LogP contribution is -2.29. The van der Waals surface area contributed by atoms with E-state index in [1.165, 1.54) is 18.5 Å². The number of pyridine rings is 1. The van der Waals surface area contributed by atoms with Crippen LogP contribution in [0.1, 0.15) is 57.7 Å². The van der Waals surface area contributed by atoms with Crippen LogP contribution in [-0.2, 0) is 16.6 Å². The standard InChI is InChI=1S/C24H27FN4O2S/c1-15(28-32(30,31)17-5-6-17)21-13-29(14-24(2,3)4)23-10-18(22(25)9-19(21)23)20-12-27-8-7-16(20)11-26/h7-10,12-13,15,17,28H,5-6,14H2,1-4H3/t15-/m1/s1. The van der Waals surface area contributed by atoms with E-state index in [0.717, 1.165) is 11.1 Å². The summed E-state index contributed by atoms with van der Waals surface area (Å²) in [6.45, 7) is 8.77. The Bertz CT molecular complexity index is 1330. The van der Waals surface area contributed by atoms with Crippen molar-refractivity contribution in [1.29, 1.82) is 5.26 Å². The summed E-state index contributed by atoms with van der Waals surface area (Å²) in [5.74, 6) is -0.478. The van der Waals surface area contributed by atoms with E-state index in [1.54, 1.807) is 19.1 Å². The number of hydrogen-bond acceptors (Lipinski definition) is 4. The number of fused-ring (bicyclic) bond motifs is 1. The summed E-state index contributed by atoms with van der Waals surface area (Å²) in [6, 6.07) is 6.34. The van der Waals surface area contributed by atoms with E-state index >= 15 is 4.39 Å². The molecule has 1 aromatic carbocycles. The first kappa shape index (κ1) is 22.4. The number of nitrogens with zero attached hydrogens (tertiary/aromatic N) is 3. The van der Waals surface area contributed by atoms with E-state index in [0.29, 0.717) is 41.5 Å². The average molecular weight is 455 g/mol. The van der Waals surface area contributed by atoms with E-state index in [4.69, 9.17) is 0 Å². The third-order valence-electron chi connectivity index (χ3n) is 5.65. The number of nitriles is 1. The molecule has 4 rings (SSSR count). The molecule has 6 nitrogen and oxygen atoms in total. The molecule has 2 aromatic heterocycles. The fourth-order valence-corrected chi connectivity index (χ4v) is 5.59. The quantitative estimate of drug-likeness (QED) is 0.574. The monoisotopic (exact) mass is 454 g/mol. The first-order chi connectivity index (χ1) is 15.0. The van der Waals surface area contributed by atoms with Crippen LogP contribution < -0.4 is 4.72 Å². The van der Waals surface area contributed by atoms with Crippen LogP contribution in [-0.4, -0.2) is 23.2 Å². The van der Waals surface area contributed by atoms with Gasteiger partial charge in [-0.1, -0.05) is 20.8 Å². The topological polar surface area (TPSA) is 87.8 Å². The van der Waals surface area contributed by atoms with Gasteiger partial charge in [0, 0.05) is 53.2 Å². The van der Waals surface area contributed by atoms with Gasteiger partial charge in [0.2, 0.25) is 10.0 Å². The fraction of sp³-hybridized carbons (Fsp3) is 0.417. The maximum atomic E-state index is 15.3. The van der Waals surface area contributed by atoms with Crippen molar-refractivity contribution in [2.45, 2.75) is 58.4 Å². The molecule has 0 bridgehead atoms. The van der Waals surface area contributed by atoms with E-state index in [-0.39, 0.29) is 10.7 Å². The number of rotatable bonds is 6. The van der Waals surface area contributed by atoms with E-state index < -0.39 is 21.9 Å². The zero-order valence-corrected chi connectivity index (χ0v) is 19.5. The molecule has 168 valence electrons. The molecule has 2 heterocycles. The van der Waals surface area contributed by atoms with Gasteiger partial charge in [0.25, 0.3) is 0 Å². The lowest BCUT2D eigenvalue weighted by Gasteiger charge is -2.20. The highest BCUT2D eigenvalue weighted by atomic mass is 32.2. The van der Waals surface area contributed by atoms with Crippen LogP contribution in [0.2, 0.25) is 0 Å². The molecule has 1 N–H and O–H groups in total. The number of sulfonamides is 1. The van der Waals surface area contributed by atoms with E-state index in [2.05, 4.69) is 36.5 Å². The zero-order valence-electron chi connectivity index (χ0n) is 18.7. The van der Waals surface area contributed by atoms with Gasteiger partial charge in [0.15, 0.2) is 0 Å². The molecule has 1 atom stereocenters. The molecule has 0 radical (unpaired) electrons. The largest absolute Gasteiger partial charge is 0.347 e. The summed E-state index contributed by atoms with van der Waals surface area (Å²) < 4.78 is 45.1. The van der Waals surface area contributed by atoms with Gasteiger partial charge < -0.3 is 4.57 Å². The van der Waals surface area contributed by atoms with Crippen LogP contribution in [0.25, 0.3) is 22.0 Å². The number of benzene rings is 1. The van der Waals surface area contributed by atoms with Gasteiger partial charge >= 0.3 is 0 Å². The normalized spacial score (nSPS) is 15.6. The summed E-state index contributed by atoms with van der Waals surface area (Å²) in [4.78, 5) is 4.07. The highest BCUT2D eigenvalue weighted by Gasteiger charge is 2.37. The average Bonchev–Trinajstić information content (AvgIpc) is 3.51. The first-order valence-electron chi connectivity index (χ1n) is 10.7. The van der Waals surface area contributed by atoms with Gasteiger partial charge in [0.1, 0.15) is 5.82 Å². The van der Waals surface area contributed by atoms with Crippen LogP contribution in [0.4, 0.5) is 4.39 Å². The molecule has 8 heteroatoms. The maximum Gasteiger partial charge on any atom is 0.215 e. The first-order valence-corrected chi connectivity index (χ1v) is 12.2. The van der Waals surface area contributed by atoms with E-state index in [1.807, 2.05) is 10.8 Å². The third-order valence-corrected chi connectivity index (χ3v) is 7.68. The Labute approximate surface area is 188 Å². The smallest absolute Gasteiger partial charge is 0.215 e. The van der Waals surface area contributed by atoms with Gasteiger partial charge in [-0.15, -0.1) is 0 Å². The third kappa shape index (κ3) is 4.41. The van der Waals surface area contributed by atoms with Crippen molar-refractivity contribution in [3.05, 3.63) is 53.7 Å². The number of hydrogen-bond donors (Lipinski definition) is 1. The second-order valence-corrected chi connectivity index (χ2v) is 11.7. The van der Waals surface area contributed by atoms with Crippen LogP contribution in [0.15, 0.2) is 36.8 Å². The van der Waals surface area contributed by atoms with Crippen molar-refractivity contribution in [3.63, 3.8) is 0 Å². The fourth-order valence-electron chi connectivity index (χ4n) is 4.02. The molecular weight excluding hydrogens is 427 g/mol. The number of aromatic nitrogens is 2.